The van der Waals surface area contributed by atoms with Crippen LogP contribution in [0.25, 0.3) is 0 Å². The summed E-state index contributed by atoms with van der Waals surface area (Å²) in [6.45, 7) is 16.2. The molecule has 2 aromatic heterocycles. The molecule has 1 unspecified atom stereocenters. The fraction of sp³-hybridized carbons (Fsp3) is 0.636. The molecule has 0 saturated heterocycles. The number of likely N-dealkylation sites (N-methyl/N-ethyl adjacent to an activating group) is 1. The lowest BCUT2D eigenvalue weighted by atomic mass is 10.1. The molecule has 0 aromatic carbocycles. The van der Waals surface area contributed by atoms with E-state index in [-0.39, 0.29) is 11.2 Å². The van der Waals surface area contributed by atoms with Crippen molar-refractivity contribution in [1.29, 1.82) is 0 Å². The van der Waals surface area contributed by atoms with Gasteiger partial charge in [-0.2, -0.15) is 0 Å². The number of aliphatic carboxylic acids is 1. The summed E-state index contributed by atoms with van der Waals surface area (Å²) in [6, 6.07) is 3.86. The van der Waals surface area contributed by atoms with Crippen LogP contribution < -0.4 is 10.6 Å². The topological polar surface area (TPSA) is 117 Å². The highest BCUT2D eigenvalue weighted by molar-refractivity contribution is 5.77. The van der Waals surface area contributed by atoms with Gasteiger partial charge in [-0.15, -0.1) is 0 Å². The van der Waals surface area contributed by atoms with Crippen LogP contribution in [0.4, 0.5) is 10.2 Å². The molecule has 2 aromatic rings. The van der Waals surface area contributed by atoms with Gasteiger partial charge < -0.3 is 25.4 Å². The van der Waals surface area contributed by atoms with Crippen molar-refractivity contribution in [2.45, 2.75) is 98.1 Å². The molecule has 1 atom stereocenters. The van der Waals surface area contributed by atoms with Crippen molar-refractivity contribution in [1.82, 2.24) is 20.2 Å². The Morgan fingerprint density at radius 2 is 1.95 bits per heavy atom. The molecular formula is C33H54FN5O4. The molecule has 0 bridgehead atoms. The molecule has 1 aliphatic rings. The molecule has 9 nitrogen and oxygen atoms in total. The zero-order valence-electron chi connectivity index (χ0n) is 27.3. The number of pyridine rings is 2. The number of carbonyl (C=O) groups excluding carboxylic acids is 1. The van der Waals surface area contributed by atoms with E-state index in [4.69, 9.17) is 9.72 Å². The van der Waals surface area contributed by atoms with Gasteiger partial charge in [-0.05, 0) is 96.5 Å². The van der Waals surface area contributed by atoms with Gasteiger partial charge in [0, 0.05) is 31.5 Å². The fourth-order valence-corrected chi connectivity index (χ4v) is 4.57. The summed E-state index contributed by atoms with van der Waals surface area (Å²) in [5.74, 6) is -0.277. The van der Waals surface area contributed by atoms with Crippen molar-refractivity contribution in [3.8, 4) is 0 Å². The predicted molar refractivity (Wildman–Crippen MR) is 172 cm³/mol. The van der Waals surface area contributed by atoms with Crippen LogP contribution in [0.2, 0.25) is 0 Å². The molecule has 3 heterocycles. The maximum atomic E-state index is 12.7. The van der Waals surface area contributed by atoms with E-state index in [0.29, 0.717) is 31.3 Å². The van der Waals surface area contributed by atoms with E-state index in [9.17, 15) is 19.1 Å². The van der Waals surface area contributed by atoms with Crippen LogP contribution in [0.1, 0.15) is 94.4 Å². The van der Waals surface area contributed by atoms with Crippen molar-refractivity contribution in [2.24, 2.45) is 0 Å². The zero-order valence-corrected chi connectivity index (χ0v) is 27.3. The van der Waals surface area contributed by atoms with Gasteiger partial charge >= 0.3 is 5.97 Å². The van der Waals surface area contributed by atoms with Gasteiger partial charge in [0.1, 0.15) is 11.9 Å². The average molecular weight is 604 g/mol. The van der Waals surface area contributed by atoms with E-state index in [1.807, 2.05) is 20.8 Å². The molecule has 43 heavy (non-hydrogen) atoms. The molecule has 0 radical (unpaired) electrons. The number of carbonyl (C=O) groups is 2. The number of carboxylic acid groups (broad SMARTS) is 1. The smallest absolute Gasteiger partial charge is 0.320 e. The van der Waals surface area contributed by atoms with E-state index >= 15 is 0 Å². The van der Waals surface area contributed by atoms with Crippen LogP contribution in [0, 0.1) is 5.82 Å². The molecule has 3 N–H and O–H groups in total. The third kappa shape index (κ3) is 14.9. The van der Waals surface area contributed by atoms with Crippen molar-refractivity contribution >= 4 is 18.1 Å². The Morgan fingerprint density at radius 1 is 1.21 bits per heavy atom. The number of unbranched alkanes of at least 4 members (excludes halogenated alkanes) is 1. The summed E-state index contributed by atoms with van der Waals surface area (Å²) in [6.07, 6.45) is 9.67. The molecule has 0 saturated carbocycles. The average Bonchev–Trinajstić information content (AvgIpc) is 2.99. The maximum Gasteiger partial charge on any atom is 0.320 e. The number of aromatic nitrogens is 2. The number of fused-ring (bicyclic) bond motifs is 1. The Hall–Kier alpha value is -2.95. The number of halogens is 1. The first kappa shape index (κ1) is 38.1. The minimum Gasteiger partial charge on any atom is -0.480 e. The molecule has 242 valence electrons. The van der Waals surface area contributed by atoms with E-state index in [2.05, 4.69) is 53.4 Å². The lowest BCUT2D eigenvalue weighted by Gasteiger charge is -2.26. The van der Waals surface area contributed by atoms with Gasteiger partial charge in [-0.3, -0.25) is 14.6 Å². The van der Waals surface area contributed by atoms with Crippen LogP contribution in [0.3, 0.4) is 0 Å². The van der Waals surface area contributed by atoms with Gasteiger partial charge in [-0.1, -0.05) is 26.8 Å². The summed E-state index contributed by atoms with van der Waals surface area (Å²) >= 11 is 0. The van der Waals surface area contributed by atoms with Crippen LogP contribution >= 0.6 is 0 Å². The van der Waals surface area contributed by atoms with E-state index in [1.54, 1.807) is 7.05 Å². The largest absolute Gasteiger partial charge is 0.480 e. The Balaban J connectivity index is 0.000000592. The van der Waals surface area contributed by atoms with Crippen LogP contribution in [-0.2, 0) is 28.8 Å². The van der Waals surface area contributed by atoms with Crippen molar-refractivity contribution < 1.29 is 23.8 Å². The number of anilines is 1. The number of aryl methyl sites for hydroxylation is 3. The molecule has 0 fully saturated rings. The summed E-state index contributed by atoms with van der Waals surface area (Å²) in [5, 5.41) is 15.6. The second kappa shape index (κ2) is 20.9. The summed E-state index contributed by atoms with van der Waals surface area (Å²) in [5.41, 5.74) is 3.09. The number of carboxylic acids is 1. The molecule has 3 rings (SSSR count). The minimum atomic E-state index is -0.796. The lowest BCUT2D eigenvalue weighted by Crippen LogP contribution is -2.39. The van der Waals surface area contributed by atoms with Crippen LogP contribution in [-0.4, -0.2) is 83.7 Å². The standard InChI is InChI=1S/C23H40N4O3.C8H8FNO.C2H6/c1-23(2,3)30-17-16-27(15-12-20(24-4)22(28)29)14-6-5-9-19-11-10-18-8-7-13-25-21(18)26-19;1-2-6-3-10-4-8(9)7(6)5-11;1-2/h10-11,20,24H,5-9,12-17H2,1-4H3,(H,25,26)(H,28,29);3-5H,2H2,1H3;1-2H3. The third-order valence-corrected chi connectivity index (χ3v) is 6.95. The van der Waals surface area contributed by atoms with Crippen molar-refractivity contribution in [2.75, 3.05) is 45.2 Å². The number of nitrogens with one attached hydrogen (secondary N) is 2. The normalized spacial score (nSPS) is 13.0. The summed E-state index contributed by atoms with van der Waals surface area (Å²) in [7, 11) is 1.70. The first-order valence-electron chi connectivity index (χ1n) is 15.6. The van der Waals surface area contributed by atoms with E-state index < -0.39 is 17.8 Å². The predicted octanol–water partition coefficient (Wildman–Crippen LogP) is 5.56. The number of hydrogen-bond donors (Lipinski definition) is 3. The quantitative estimate of drug-likeness (QED) is 0.178. The van der Waals surface area contributed by atoms with Gasteiger partial charge in [0.25, 0.3) is 0 Å². The van der Waals surface area contributed by atoms with Crippen molar-refractivity contribution in [3.05, 3.63) is 52.7 Å². The molecule has 10 heteroatoms. The molecule has 0 amide bonds. The highest BCUT2D eigenvalue weighted by atomic mass is 19.1. The molecular weight excluding hydrogens is 549 g/mol. The minimum absolute atomic E-state index is 0.127. The second-order valence-electron chi connectivity index (χ2n) is 11.2. The monoisotopic (exact) mass is 603 g/mol. The van der Waals surface area contributed by atoms with Gasteiger partial charge in [0.2, 0.25) is 0 Å². The van der Waals surface area contributed by atoms with Gasteiger partial charge in [-0.25, -0.2) is 9.37 Å². The zero-order chi connectivity index (χ0) is 32.3. The number of ether oxygens (including phenoxy) is 1. The summed E-state index contributed by atoms with van der Waals surface area (Å²) < 4.78 is 18.6. The van der Waals surface area contributed by atoms with Crippen molar-refractivity contribution in [3.63, 3.8) is 0 Å². The summed E-state index contributed by atoms with van der Waals surface area (Å²) in [4.78, 5) is 32.4. The highest BCUT2D eigenvalue weighted by Gasteiger charge is 2.17. The van der Waals surface area contributed by atoms with Crippen LogP contribution in [0.15, 0.2) is 24.5 Å². The fourth-order valence-electron chi connectivity index (χ4n) is 4.57. The molecule has 0 spiro atoms. The molecule has 0 aliphatic carbocycles. The number of rotatable bonds is 15. The Bertz CT molecular complexity index is 1090. The lowest BCUT2D eigenvalue weighted by molar-refractivity contribution is -0.139. The SMILES string of the molecule is CC.CCc1cncc(F)c1C=O.CNC(CCN(CCCCc1ccc2c(n1)NCCC2)CCOC(C)(C)C)C(=O)O. The Morgan fingerprint density at radius 3 is 2.56 bits per heavy atom. The van der Waals surface area contributed by atoms with Gasteiger partial charge in [0.15, 0.2) is 12.1 Å². The second-order valence-corrected chi connectivity index (χ2v) is 11.2. The number of aldehydes is 1. The Labute approximate surface area is 258 Å². The van der Waals surface area contributed by atoms with Crippen LogP contribution in [0.5, 0.6) is 0 Å². The molecule has 1 aliphatic heterocycles. The third-order valence-electron chi connectivity index (χ3n) is 6.95. The maximum absolute atomic E-state index is 12.7. The van der Waals surface area contributed by atoms with Gasteiger partial charge in [0.05, 0.1) is 24.0 Å². The van der Waals surface area contributed by atoms with E-state index in [0.717, 1.165) is 69.6 Å². The first-order chi connectivity index (χ1) is 20.6. The first-order valence-corrected chi connectivity index (χ1v) is 15.6. The number of hydrogen-bond acceptors (Lipinski definition) is 8. The highest BCUT2D eigenvalue weighted by Crippen LogP contribution is 2.20. The Kier molecular flexibility index (Phi) is 18.5. The van der Waals surface area contributed by atoms with E-state index in [1.165, 1.54) is 18.2 Å². The number of nitrogens with zero attached hydrogens (tertiary/aromatic N) is 3.